The molecule has 5 nitrogen and oxygen atoms in total. The van der Waals surface area contributed by atoms with E-state index in [-0.39, 0.29) is 12.6 Å². The van der Waals surface area contributed by atoms with Crippen molar-refractivity contribution in [2.75, 3.05) is 6.61 Å². The first kappa shape index (κ1) is 12.5. The third-order valence-corrected chi connectivity index (χ3v) is 3.46. The van der Waals surface area contributed by atoms with Crippen LogP contribution in [-0.4, -0.2) is 32.5 Å². The van der Waals surface area contributed by atoms with Crippen LogP contribution in [0.2, 0.25) is 0 Å². The molecule has 0 aromatic carbocycles. The molecule has 96 valence electrons. The fourth-order valence-corrected chi connectivity index (χ4v) is 2.23. The Labute approximate surface area is 102 Å². The molecule has 2 rings (SSSR count). The van der Waals surface area contributed by atoms with Gasteiger partial charge in [0.05, 0.1) is 13.2 Å². The van der Waals surface area contributed by atoms with Crippen LogP contribution in [0.4, 0.5) is 0 Å². The summed E-state index contributed by atoms with van der Waals surface area (Å²) in [6.45, 7) is 6.10. The fraction of sp³-hybridized carbons (Fsp3) is 0.833. The molecular formula is C12H22N4O. The second-order valence-corrected chi connectivity index (χ2v) is 5.06. The van der Waals surface area contributed by atoms with E-state index in [1.165, 1.54) is 12.8 Å². The van der Waals surface area contributed by atoms with Crippen LogP contribution in [0.25, 0.3) is 0 Å². The van der Waals surface area contributed by atoms with E-state index in [9.17, 15) is 5.11 Å². The molecule has 1 aromatic rings. The van der Waals surface area contributed by atoms with Crippen molar-refractivity contribution in [2.24, 2.45) is 5.92 Å². The minimum Gasteiger partial charge on any atom is -0.395 e. The Hall–Kier alpha value is -0.940. The summed E-state index contributed by atoms with van der Waals surface area (Å²) in [6, 6.07) is 0.131. The zero-order valence-electron chi connectivity index (χ0n) is 10.7. The Balaban J connectivity index is 1.97. The highest BCUT2D eigenvalue weighted by Gasteiger charge is 2.17. The topological polar surface area (TPSA) is 63.0 Å². The maximum Gasteiger partial charge on any atom is 0.147 e. The number of hydrogen-bond donors (Lipinski definition) is 2. The lowest BCUT2D eigenvalue weighted by atomic mass is 10.1. The molecule has 0 amide bonds. The second-order valence-electron chi connectivity index (χ2n) is 5.06. The van der Waals surface area contributed by atoms with Crippen molar-refractivity contribution < 1.29 is 5.11 Å². The molecular weight excluding hydrogens is 216 g/mol. The van der Waals surface area contributed by atoms with Gasteiger partial charge in [0.1, 0.15) is 11.6 Å². The van der Waals surface area contributed by atoms with Crippen molar-refractivity contribution in [1.29, 1.82) is 0 Å². The summed E-state index contributed by atoms with van der Waals surface area (Å²) in [5, 5.41) is 21.1. The SMILES string of the molecule is CC(C)C(CO)NCc1nnc2n1CCCC2. The van der Waals surface area contributed by atoms with Crippen LogP contribution in [0.5, 0.6) is 0 Å². The molecule has 1 atom stereocenters. The van der Waals surface area contributed by atoms with E-state index in [1.807, 2.05) is 0 Å². The predicted octanol–water partition coefficient (Wildman–Crippen LogP) is 0.721. The Morgan fingerprint density at radius 2 is 2.18 bits per heavy atom. The second kappa shape index (κ2) is 5.60. The number of hydrogen-bond acceptors (Lipinski definition) is 4. The van der Waals surface area contributed by atoms with Gasteiger partial charge in [0.25, 0.3) is 0 Å². The van der Waals surface area contributed by atoms with E-state index < -0.39 is 0 Å². The van der Waals surface area contributed by atoms with Gasteiger partial charge < -0.3 is 15.0 Å². The van der Waals surface area contributed by atoms with Crippen LogP contribution in [0, 0.1) is 5.92 Å². The third kappa shape index (κ3) is 2.84. The summed E-state index contributed by atoms with van der Waals surface area (Å²) in [6.07, 6.45) is 3.48. The van der Waals surface area contributed by atoms with E-state index in [0.717, 1.165) is 24.6 Å². The van der Waals surface area contributed by atoms with Crippen molar-refractivity contribution in [3.63, 3.8) is 0 Å². The first-order valence-electron chi connectivity index (χ1n) is 6.47. The lowest BCUT2D eigenvalue weighted by Crippen LogP contribution is -2.37. The van der Waals surface area contributed by atoms with Crippen LogP contribution >= 0.6 is 0 Å². The van der Waals surface area contributed by atoms with Gasteiger partial charge >= 0.3 is 0 Å². The molecule has 0 spiro atoms. The van der Waals surface area contributed by atoms with Gasteiger partial charge in [-0.3, -0.25) is 0 Å². The summed E-state index contributed by atoms with van der Waals surface area (Å²) >= 11 is 0. The summed E-state index contributed by atoms with van der Waals surface area (Å²) in [5.41, 5.74) is 0. The molecule has 1 aliphatic rings. The number of nitrogens with one attached hydrogen (secondary N) is 1. The van der Waals surface area contributed by atoms with Gasteiger partial charge in [-0.2, -0.15) is 0 Å². The smallest absolute Gasteiger partial charge is 0.147 e. The number of fused-ring (bicyclic) bond motifs is 1. The monoisotopic (exact) mass is 238 g/mol. The number of aliphatic hydroxyl groups is 1. The van der Waals surface area contributed by atoms with Crippen molar-refractivity contribution in [3.05, 3.63) is 11.6 Å². The van der Waals surface area contributed by atoms with Crippen LogP contribution in [0.15, 0.2) is 0 Å². The summed E-state index contributed by atoms with van der Waals surface area (Å²) < 4.78 is 2.21. The normalized spacial score (nSPS) is 17.2. The average molecular weight is 238 g/mol. The highest BCUT2D eigenvalue weighted by Crippen LogP contribution is 2.14. The predicted molar refractivity (Wildman–Crippen MR) is 65.5 cm³/mol. The minimum absolute atomic E-state index is 0.131. The molecule has 1 unspecified atom stereocenters. The van der Waals surface area contributed by atoms with Crippen LogP contribution in [-0.2, 0) is 19.5 Å². The lowest BCUT2D eigenvalue weighted by molar-refractivity contribution is 0.208. The minimum atomic E-state index is 0.131. The van der Waals surface area contributed by atoms with Gasteiger partial charge in [0.2, 0.25) is 0 Å². The van der Waals surface area contributed by atoms with E-state index >= 15 is 0 Å². The Morgan fingerprint density at radius 1 is 1.35 bits per heavy atom. The van der Waals surface area contributed by atoms with Gasteiger partial charge in [-0.15, -0.1) is 10.2 Å². The van der Waals surface area contributed by atoms with Crippen LogP contribution in [0.3, 0.4) is 0 Å². The summed E-state index contributed by atoms with van der Waals surface area (Å²) in [5.74, 6) is 2.53. The standard InChI is InChI=1S/C12H22N4O/c1-9(2)10(8-17)13-7-12-15-14-11-5-3-4-6-16(11)12/h9-10,13,17H,3-8H2,1-2H3. The number of aliphatic hydroxyl groups excluding tert-OH is 1. The maximum atomic E-state index is 9.26. The average Bonchev–Trinajstić information content (AvgIpc) is 2.73. The van der Waals surface area contributed by atoms with Gasteiger partial charge in [0.15, 0.2) is 0 Å². The molecule has 2 N–H and O–H groups in total. The Bertz CT molecular complexity index is 361. The molecule has 5 heteroatoms. The zero-order chi connectivity index (χ0) is 12.3. The Kier molecular flexibility index (Phi) is 4.12. The van der Waals surface area contributed by atoms with Crippen molar-refractivity contribution in [1.82, 2.24) is 20.1 Å². The molecule has 0 radical (unpaired) electrons. The van der Waals surface area contributed by atoms with E-state index in [2.05, 4.69) is 33.9 Å². The first-order valence-corrected chi connectivity index (χ1v) is 6.47. The van der Waals surface area contributed by atoms with Crippen molar-refractivity contribution in [3.8, 4) is 0 Å². The first-order chi connectivity index (χ1) is 8.22. The maximum absolute atomic E-state index is 9.26. The van der Waals surface area contributed by atoms with Gasteiger partial charge in [-0.1, -0.05) is 13.8 Å². The quantitative estimate of drug-likeness (QED) is 0.793. The molecule has 0 saturated carbocycles. The fourth-order valence-electron chi connectivity index (χ4n) is 2.23. The van der Waals surface area contributed by atoms with Crippen molar-refractivity contribution >= 4 is 0 Å². The molecule has 1 aromatic heterocycles. The van der Waals surface area contributed by atoms with Gasteiger partial charge in [-0.05, 0) is 18.8 Å². The molecule has 0 aliphatic carbocycles. The molecule has 0 bridgehead atoms. The molecule has 17 heavy (non-hydrogen) atoms. The van der Waals surface area contributed by atoms with Crippen molar-refractivity contribution in [2.45, 2.75) is 52.2 Å². The summed E-state index contributed by atoms with van der Waals surface area (Å²) in [4.78, 5) is 0. The summed E-state index contributed by atoms with van der Waals surface area (Å²) in [7, 11) is 0. The molecule has 2 heterocycles. The Morgan fingerprint density at radius 3 is 2.88 bits per heavy atom. The van der Waals surface area contributed by atoms with Gasteiger partial charge in [-0.25, -0.2) is 0 Å². The van der Waals surface area contributed by atoms with E-state index in [1.54, 1.807) is 0 Å². The number of nitrogens with zero attached hydrogens (tertiary/aromatic N) is 3. The third-order valence-electron chi connectivity index (χ3n) is 3.46. The van der Waals surface area contributed by atoms with E-state index in [0.29, 0.717) is 12.5 Å². The van der Waals surface area contributed by atoms with E-state index in [4.69, 9.17) is 0 Å². The zero-order valence-corrected chi connectivity index (χ0v) is 10.7. The highest BCUT2D eigenvalue weighted by molar-refractivity contribution is 4.98. The molecule has 0 fully saturated rings. The number of rotatable bonds is 5. The van der Waals surface area contributed by atoms with Crippen LogP contribution in [0.1, 0.15) is 38.3 Å². The number of aromatic nitrogens is 3. The highest BCUT2D eigenvalue weighted by atomic mass is 16.3. The van der Waals surface area contributed by atoms with Crippen LogP contribution < -0.4 is 5.32 Å². The molecule has 0 saturated heterocycles. The molecule has 1 aliphatic heterocycles. The largest absolute Gasteiger partial charge is 0.395 e. The lowest BCUT2D eigenvalue weighted by Gasteiger charge is -2.20. The number of aryl methyl sites for hydroxylation is 1. The van der Waals surface area contributed by atoms with Gasteiger partial charge in [0, 0.05) is 19.0 Å².